The van der Waals surface area contributed by atoms with Gasteiger partial charge in [-0.1, -0.05) is 44.2 Å². The number of rotatable bonds is 11. The molecule has 4 N–H and O–H groups in total. The highest BCUT2D eigenvalue weighted by Gasteiger charge is 2.56. The number of carbonyl (C=O) groups excluding carboxylic acids is 4. The Morgan fingerprint density at radius 3 is 2.45 bits per heavy atom. The third-order valence-corrected chi connectivity index (χ3v) is 7.65. The largest absolute Gasteiger partial charge is 0.463 e. The first-order valence-electron chi connectivity index (χ1n) is 15.1. The molecule has 1 fully saturated rings. The van der Waals surface area contributed by atoms with Crippen LogP contribution in [0.1, 0.15) is 52.8 Å². The quantitative estimate of drug-likeness (QED) is 0.155. The van der Waals surface area contributed by atoms with Gasteiger partial charge in [-0.3, -0.25) is 19.7 Å². The second kappa shape index (κ2) is 14.4. The Morgan fingerprint density at radius 2 is 1.79 bits per heavy atom. The summed E-state index contributed by atoms with van der Waals surface area (Å²) in [6, 6.07) is 11.2. The van der Waals surface area contributed by atoms with Crippen LogP contribution in [0.4, 0.5) is 10.6 Å². The number of esters is 3. The smallest absolute Gasteiger partial charge is 0.415 e. The van der Waals surface area contributed by atoms with Gasteiger partial charge in [0.25, 0.3) is 0 Å². The summed E-state index contributed by atoms with van der Waals surface area (Å²) in [4.78, 5) is 54.0. The fourth-order valence-electron chi connectivity index (χ4n) is 4.81. The average Bonchev–Trinajstić information content (AvgIpc) is 3.56. The van der Waals surface area contributed by atoms with E-state index in [0.29, 0.717) is 11.2 Å². The molecule has 0 saturated carbocycles. The number of aliphatic hydroxyl groups excluding tert-OH is 1. The van der Waals surface area contributed by atoms with E-state index in [9.17, 15) is 24.3 Å². The van der Waals surface area contributed by atoms with Crippen LogP contribution in [0.5, 0.6) is 0 Å². The minimum atomic E-state index is -1.55. The van der Waals surface area contributed by atoms with E-state index in [0.717, 1.165) is 5.56 Å². The molecule has 2 aromatic heterocycles. The lowest BCUT2D eigenvalue weighted by Gasteiger charge is -2.28. The molecule has 3 aromatic rings. The second-order valence-corrected chi connectivity index (χ2v) is 12.7. The lowest BCUT2D eigenvalue weighted by Crippen LogP contribution is -2.46. The predicted octanol–water partition coefficient (Wildman–Crippen LogP) is 2.48. The van der Waals surface area contributed by atoms with Crippen molar-refractivity contribution >= 4 is 35.3 Å². The highest BCUT2D eigenvalue weighted by atomic mass is 16.7. The molecule has 4 rings (SSSR count). The first-order valence-corrected chi connectivity index (χ1v) is 15.1. The number of nitrogens with one attached hydrogen (secondary N) is 1. The maximum atomic E-state index is 12.9. The van der Waals surface area contributed by atoms with Crippen LogP contribution in [-0.4, -0.2) is 81.5 Å². The minimum absolute atomic E-state index is 0.00749. The number of aliphatic hydroxyl groups is 1. The number of anilines is 1. The van der Waals surface area contributed by atoms with Gasteiger partial charge in [-0.2, -0.15) is 5.10 Å². The summed E-state index contributed by atoms with van der Waals surface area (Å²) < 4.78 is 28.8. The van der Waals surface area contributed by atoms with E-state index in [1.165, 1.54) is 10.8 Å². The van der Waals surface area contributed by atoms with E-state index in [1.807, 2.05) is 6.07 Å². The predicted molar refractivity (Wildman–Crippen MR) is 166 cm³/mol. The van der Waals surface area contributed by atoms with Gasteiger partial charge in [-0.15, -0.1) is 0 Å². The molecule has 47 heavy (non-hydrogen) atoms. The molecule has 15 heteroatoms. The Hall–Kier alpha value is -4.60. The molecule has 5 atom stereocenters. The molecule has 15 nitrogen and oxygen atoms in total. The van der Waals surface area contributed by atoms with Gasteiger partial charge >= 0.3 is 24.0 Å². The van der Waals surface area contributed by atoms with Gasteiger partial charge in [0.1, 0.15) is 42.3 Å². The maximum absolute atomic E-state index is 12.9. The lowest BCUT2D eigenvalue weighted by atomic mass is 9.93. The Bertz CT molecular complexity index is 1590. The molecule has 0 unspecified atom stereocenters. The molecule has 1 aromatic carbocycles. The third-order valence-electron chi connectivity index (χ3n) is 7.65. The Balaban J connectivity index is 1.54. The zero-order valence-corrected chi connectivity index (χ0v) is 27.2. The number of hydrogen-bond acceptors (Lipinski definition) is 13. The van der Waals surface area contributed by atoms with Crippen LogP contribution in [0.2, 0.25) is 0 Å². The van der Waals surface area contributed by atoms with Crippen molar-refractivity contribution in [1.82, 2.24) is 14.6 Å². The molecule has 1 saturated heterocycles. The summed E-state index contributed by atoms with van der Waals surface area (Å²) in [5, 5.41) is 18.4. The molecular weight excluding hydrogens is 614 g/mol. The maximum Gasteiger partial charge on any atom is 0.415 e. The van der Waals surface area contributed by atoms with Crippen molar-refractivity contribution in [3.63, 3.8) is 0 Å². The highest BCUT2D eigenvalue weighted by molar-refractivity contribution is 5.88. The van der Waals surface area contributed by atoms with Crippen LogP contribution in [0.25, 0.3) is 5.52 Å². The summed E-state index contributed by atoms with van der Waals surface area (Å²) in [5.41, 5.74) is 5.06. The molecule has 0 spiro atoms. The Labute approximate surface area is 271 Å². The lowest BCUT2D eigenvalue weighted by molar-refractivity contribution is -0.162. The molecular formula is C32H41N5O10. The van der Waals surface area contributed by atoms with Crippen LogP contribution in [0, 0.1) is 11.3 Å². The van der Waals surface area contributed by atoms with Crippen molar-refractivity contribution in [3.8, 4) is 0 Å². The van der Waals surface area contributed by atoms with Crippen molar-refractivity contribution < 1.29 is 48.0 Å². The van der Waals surface area contributed by atoms with E-state index in [4.69, 9.17) is 29.4 Å². The molecule has 3 heterocycles. The van der Waals surface area contributed by atoms with Crippen LogP contribution in [0.15, 0.2) is 48.8 Å². The number of nitrogens with two attached hydrogens (primary N) is 1. The summed E-state index contributed by atoms with van der Waals surface area (Å²) in [5.74, 6) is -2.04. The van der Waals surface area contributed by atoms with Gasteiger partial charge < -0.3 is 34.5 Å². The van der Waals surface area contributed by atoms with Gasteiger partial charge in [0.15, 0.2) is 11.9 Å². The second-order valence-electron chi connectivity index (χ2n) is 12.7. The number of fused-ring (bicyclic) bond motifs is 1. The Kier molecular flexibility index (Phi) is 10.8. The first kappa shape index (κ1) is 35.3. The number of amides is 1. The average molecular weight is 656 g/mol. The monoisotopic (exact) mass is 655 g/mol. The van der Waals surface area contributed by atoms with E-state index in [1.54, 1.807) is 77.9 Å². The van der Waals surface area contributed by atoms with Crippen LogP contribution >= 0.6 is 0 Å². The number of hydrogen-bond donors (Lipinski definition) is 3. The van der Waals surface area contributed by atoms with E-state index >= 15 is 0 Å². The molecule has 0 radical (unpaired) electrons. The first-order chi connectivity index (χ1) is 22.1. The van der Waals surface area contributed by atoms with Gasteiger partial charge in [0, 0.05) is 0 Å². The standard InChI is InChI=1S/C32H41N5O10/c1-18(2)24(33)28(40)46-25-21(15-43-23(38)14-19-10-8-7-9-11-19)47-32(6,26(25)39)22-13-12-20-27(34-16-35-37(20)22)36-30(42)45-17-44-29(41)31(3,4)5/h7-13,16,18,21,24-26,39H,14-15,17,33H2,1-6H3,(H,34,35,36,42)/t21-,24+,25-,26-,32+/m1/s1. The van der Waals surface area contributed by atoms with E-state index < -0.39 is 66.2 Å². The normalized spacial score (nSPS) is 21.7. The van der Waals surface area contributed by atoms with E-state index in [-0.39, 0.29) is 24.8 Å². The van der Waals surface area contributed by atoms with Crippen LogP contribution < -0.4 is 11.1 Å². The molecule has 1 aliphatic heterocycles. The molecule has 254 valence electrons. The number of nitrogens with zero attached hydrogens (tertiary/aromatic N) is 3. The van der Waals surface area contributed by atoms with Gasteiger partial charge in [-0.05, 0) is 51.3 Å². The number of carbonyl (C=O) groups is 4. The summed E-state index contributed by atoms with van der Waals surface area (Å²) in [6.07, 6.45) is -3.57. The fourth-order valence-corrected chi connectivity index (χ4v) is 4.81. The third kappa shape index (κ3) is 8.22. The van der Waals surface area contributed by atoms with E-state index in [2.05, 4.69) is 15.4 Å². The molecule has 1 amide bonds. The van der Waals surface area contributed by atoms with Crippen molar-refractivity contribution in [2.75, 3.05) is 18.7 Å². The zero-order chi connectivity index (χ0) is 34.5. The summed E-state index contributed by atoms with van der Waals surface area (Å²) in [7, 11) is 0. The summed E-state index contributed by atoms with van der Waals surface area (Å²) in [6.45, 7) is 9.14. The van der Waals surface area contributed by atoms with Crippen molar-refractivity contribution in [1.29, 1.82) is 0 Å². The van der Waals surface area contributed by atoms with Crippen LogP contribution in [0.3, 0.4) is 0 Å². The molecule has 1 aliphatic rings. The Morgan fingerprint density at radius 1 is 1.09 bits per heavy atom. The topological polar surface area (TPSA) is 203 Å². The number of aromatic nitrogens is 3. The number of ether oxygens (including phenoxy) is 5. The van der Waals surface area contributed by atoms with Gasteiger partial charge in [0.05, 0.1) is 17.5 Å². The van der Waals surface area contributed by atoms with Crippen LogP contribution in [-0.2, 0) is 50.1 Å². The number of benzene rings is 1. The highest BCUT2D eigenvalue weighted by Crippen LogP contribution is 2.42. The summed E-state index contributed by atoms with van der Waals surface area (Å²) >= 11 is 0. The van der Waals surface area contributed by atoms with Crippen molar-refractivity contribution in [2.45, 2.75) is 77.9 Å². The zero-order valence-electron chi connectivity index (χ0n) is 27.2. The SMILES string of the molecule is CC(C)[C@H](N)C(=O)O[C@H]1[C@@H](O)[C@](C)(c2ccc3c(NC(=O)OCOC(=O)C(C)(C)C)ncnn23)O[C@@H]1COC(=O)Cc1ccccc1. The molecule has 0 bridgehead atoms. The van der Waals surface area contributed by atoms with Crippen molar-refractivity contribution in [3.05, 3.63) is 60.0 Å². The minimum Gasteiger partial charge on any atom is -0.463 e. The van der Waals surface area contributed by atoms with Gasteiger partial charge in [-0.25, -0.2) is 14.3 Å². The van der Waals surface area contributed by atoms with Gasteiger partial charge in [0.2, 0.25) is 6.79 Å². The molecule has 0 aliphatic carbocycles. The fraction of sp³-hybridized carbons (Fsp3) is 0.500. The van der Waals surface area contributed by atoms with Crippen molar-refractivity contribution in [2.24, 2.45) is 17.1 Å².